The highest BCUT2D eigenvalue weighted by molar-refractivity contribution is 5.99. The number of aryl methyl sites for hydroxylation is 1. The lowest BCUT2D eigenvalue weighted by atomic mass is 9.95. The number of hydrogen-bond acceptors (Lipinski definition) is 7. The Labute approximate surface area is 195 Å². The van der Waals surface area contributed by atoms with Crippen LogP contribution in [-0.4, -0.2) is 38.3 Å². The van der Waals surface area contributed by atoms with E-state index in [0.717, 1.165) is 31.5 Å². The van der Waals surface area contributed by atoms with Gasteiger partial charge in [-0.3, -0.25) is 0 Å². The van der Waals surface area contributed by atoms with E-state index in [1.54, 1.807) is 6.07 Å². The Morgan fingerprint density at radius 2 is 1.94 bits per heavy atom. The van der Waals surface area contributed by atoms with Gasteiger partial charge in [0.2, 0.25) is 5.89 Å². The molecule has 3 heterocycles. The molecule has 176 valence electrons. The number of aliphatic hydroxyl groups is 1. The molecule has 1 saturated heterocycles. The van der Waals surface area contributed by atoms with Crippen molar-refractivity contribution in [2.75, 3.05) is 18.0 Å². The molecule has 2 aromatic carbocycles. The average Bonchev–Trinajstić information content (AvgIpc) is 3.32. The topological polar surface area (TPSA) is 88.2 Å². The number of rotatable bonds is 6. The predicted octanol–water partition coefficient (Wildman–Crippen LogP) is 4.79. The summed E-state index contributed by atoms with van der Waals surface area (Å²) >= 11 is 0. The molecule has 9 heteroatoms. The number of halogens is 2. The molecule has 0 saturated carbocycles. The number of hydrogen-bond donors (Lipinski definition) is 1. The smallest absolute Gasteiger partial charge is 0.226 e. The molecule has 0 aliphatic carbocycles. The van der Waals surface area contributed by atoms with E-state index in [4.69, 9.17) is 4.52 Å². The Bertz CT molecular complexity index is 1320. The summed E-state index contributed by atoms with van der Waals surface area (Å²) in [6.07, 6.45) is 4.84. The van der Waals surface area contributed by atoms with Gasteiger partial charge >= 0.3 is 0 Å². The van der Waals surface area contributed by atoms with Crippen molar-refractivity contribution in [3.05, 3.63) is 65.6 Å². The largest absolute Gasteiger partial charge is 0.392 e. The molecule has 4 aromatic rings. The number of benzene rings is 2. The van der Waals surface area contributed by atoms with Crippen LogP contribution in [0.2, 0.25) is 0 Å². The first kappa shape index (κ1) is 22.3. The van der Waals surface area contributed by atoms with Crippen LogP contribution in [0.1, 0.15) is 49.4 Å². The fourth-order valence-corrected chi connectivity index (χ4v) is 4.53. The first-order valence-corrected chi connectivity index (χ1v) is 11.5. The summed E-state index contributed by atoms with van der Waals surface area (Å²) in [4.78, 5) is 15.5. The predicted molar refractivity (Wildman–Crippen MR) is 123 cm³/mol. The van der Waals surface area contributed by atoms with E-state index in [-0.39, 0.29) is 11.5 Å². The lowest BCUT2D eigenvalue weighted by Gasteiger charge is -2.32. The van der Waals surface area contributed by atoms with Crippen LogP contribution < -0.4 is 4.90 Å². The fraction of sp³-hybridized carbons (Fsp3) is 0.360. The van der Waals surface area contributed by atoms with Gasteiger partial charge in [0.05, 0.1) is 12.1 Å². The Hall–Kier alpha value is -3.46. The molecular formula is C25H25F2N5O2. The summed E-state index contributed by atoms with van der Waals surface area (Å²) in [7, 11) is 0. The highest BCUT2D eigenvalue weighted by Gasteiger charge is 2.26. The van der Waals surface area contributed by atoms with Crippen LogP contribution in [-0.2, 0) is 13.0 Å². The summed E-state index contributed by atoms with van der Waals surface area (Å²) in [5.74, 6) is 1.29. The summed E-state index contributed by atoms with van der Waals surface area (Å²) in [5, 5.41) is 14.0. The van der Waals surface area contributed by atoms with Crippen molar-refractivity contribution in [3.8, 4) is 11.1 Å². The summed E-state index contributed by atoms with van der Waals surface area (Å²) < 4.78 is 34.3. The maximum Gasteiger partial charge on any atom is 0.226 e. The molecule has 1 aliphatic rings. The van der Waals surface area contributed by atoms with E-state index in [0.29, 0.717) is 46.8 Å². The van der Waals surface area contributed by atoms with E-state index < -0.39 is 18.2 Å². The van der Waals surface area contributed by atoms with Crippen LogP contribution in [0.3, 0.4) is 0 Å². The number of nitrogens with zero attached hydrogens (tertiary/aromatic N) is 5. The van der Waals surface area contributed by atoms with Gasteiger partial charge in [0.15, 0.2) is 5.82 Å². The molecule has 5 rings (SSSR count). The molecule has 0 unspecified atom stereocenters. The van der Waals surface area contributed by atoms with Gasteiger partial charge in [-0.25, -0.2) is 18.7 Å². The number of aliphatic hydroxyl groups excluding tert-OH is 1. The van der Waals surface area contributed by atoms with Crippen molar-refractivity contribution in [2.45, 2.75) is 45.1 Å². The van der Waals surface area contributed by atoms with Crippen molar-refractivity contribution in [2.24, 2.45) is 0 Å². The molecule has 0 spiro atoms. The number of anilines is 1. The van der Waals surface area contributed by atoms with Gasteiger partial charge in [-0.2, -0.15) is 4.98 Å². The van der Waals surface area contributed by atoms with E-state index in [2.05, 4.69) is 31.9 Å². The Balaban J connectivity index is 1.44. The van der Waals surface area contributed by atoms with E-state index >= 15 is 0 Å². The van der Waals surface area contributed by atoms with Crippen LogP contribution in [0.5, 0.6) is 0 Å². The number of aromatic nitrogens is 4. The van der Waals surface area contributed by atoms with Gasteiger partial charge in [-0.15, -0.1) is 0 Å². The van der Waals surface area contributed by atoms with Gasteiger partial charge in [-0.1, -0.05) is 24.2 Å². The first-order valence-electron chi connectivity index (χ1n) is 11.5. The summed E-state index contributed by atoms with van der Waals surface area (Å²) in [6, 6.07) is 7.23. The van der Waals surface area contributed by atoms with Gasteiger partial charge in [-0.05, 0) is 43.0 Å². The maximum atomic E-state index is 14.7. The minimum atomic E-state index is -0.544. The third kappa shape index (κ3) is 4.23. The minimum Gasteiger partial charge on any atom is -0.392 e. The van der Waals surface area contributed by atoms with Crippen LogP contribution >= 0.6 is 0 Å². The minimum absolute atomic E-state index is 0.186. The zero-order valence-electron chi connectivity index (χ0n) is 18.8. The molecule has 0 atom stereocenters. The monoisotopic (exact) mass is 465 g/mol. The van der Waals surface area contributed by atoms with Gasteiger partial charge < -0.3 is 14.5 Å². The summed E-state index contributed by atoms with van der Waals surface area (Å²) in [5.41, 5.74) is 1.70. The van der Waals surface area contributed by atoms with Crippen molar-refractivity contribution in [3.63, 3.8) is 0 Å². The molecule has 34 heavy (non-hydrogen) atoms. The first-order chi connectivity index (χ1) is 16.6. The van der Waals surface area contributed by atoms with Crippen molar-refractivity contribution in [1.29, 1.82) is 0 Å². The van der Waals surface area contributed by atoms with Gasteiger partial charge in [0, 0.05) is 41.9 Å². The highest BCUT2D eigenvalue weighted by atomic mass is 19.1. The standard InChI is InChI=1S/C25H25F2N5O2/c1-2-3-22-30-24(31-34-22)15-6-8-32(9-7-15)25-20-12-18(26)11-19(23(20)28-14-29-25)16-4-5-17(13-33)21(27)10-16/h4-5,10-12,14-15,33H,2-3,6-9,13H2,1H3. The second-order valence-electron chi connectivity index (χ2n) is 8.57. The van der Waals surface area contributed by atoms with Gasteiger partial charge in [0.25, 0.3) is 0 Å². The maximum absolute atomic E-state index is 14.7. The van der Waals surface area contributed by atoms with Crippen molar-refractivity contribution >= 4 is 16.7 Å². The second kappa shape index (κ2) is 9.42. The highest BCUT2D eigenvalue weighted by Crippen LogP contribution is 2.35. The summed E-state index contributed by atoms with van der Waals surface area (Å²) in [6.45, 7) is 3.09. The lowest BCUT2D eigenvalue weighted by Crippen LogP contribution is -2.34. The zero-order chi connectivity index (χ0) is 23.7. The Kier molecular flexibility index (Phi) is 6.19. The quantitative estimate of drug-likeness (QED) is 0.438. The van der Waals surface area contributed by atoms with Crippen LogP contribution in [0, 0.1) is 11.6 Å². The number of fused-ring (bicyclic) bond motifs is 1. The molecule has 1 N–H and O–H groups in total. The third-order valence-electron chi connectivity index (χ3n) is 6.32. The average molecular weight is 466 g/mol. The van der Waals surface area contributed by atoms with Crippen molar-refractivity contribution in [1.82, 2.24) is 20.1 Å². The molecule has 2 aromatic heterocycles. The molecule has 1 fully saturated rings. The third-order valence-corrected chi connectivity index (χ3v) is 6.32. The van der Waals surface area contributed by atoms with Gasteiger partial charge in [0.1, 0.15) is 23.8 Å². The molecule has 0 bridgehead atoms. The Morgan fingerprint density at radius 3 is 2.68 bits per heavy atom. The second-order valence-corrected chi connectivity index (χ2v) is 8.57. The van der Waals surface area contributed by atoms with Crippen LogP contribution in [0.25, 0.3) is 22.0 Å². The molecule has 1 aliphatic heterocycles. The molecule has 0 amide bonds. The van der Waals surface area contributed by atoms with Crippen molar-refractivity contribution < 1.29 is 18.4 Å². The van der Waals surface area contributed by atoms with E-state index in [1.165, 1.54) is 30.6 Å². The number of piperidine rings is 1. The normalized spacial score (nSPS) is 14.8. The Morgan fingerprint density at radius 1 is 1.12 bits per heavy atom. The molecule has 7 nitrogen and oxygen atoms in total. The lowest BCUT2D eigenvalue weighted by molar-refractivity contribution is 0.276. The molecule has 0 radical (unpaired) electrons. The SMILES string of the molecule is CCCc1nc(C2CCN(c3ncnc4c(-c5ccc(CO)c(F)c5)cc(F)cc34)CC2)no1. The zero-order valence-corrected chi connectivity index (χ0v) is 18.8. The van der Waals surface area contributed by atoms with Crippen LogP contribution in [0.4, 0.5) is 14.6 Å². The molecular weight excluding hydrogens is 440 g/mol. The van der Waals surface area contributed by atoms with E-state index in [9.17, 15) is 13.9 Å². The van der Waals surface area contributed by atoms with E-state index in [1.807, 2.05) is 0 Å². The fourth-order valence-electron chi connectivity index (χ4n) is 4.53. The van der Waals surface area contributed by atoms with Crippen LogP contribution in [0.15, 0.2) is 41.2 Å².